The maximum absolute atomic E-state index is 4.83. The van der Waals surface area contributed by atoms with Crippen LogP contribution in [0.5, 0.6) is 0 Å². The zero-order valence-electron chi connectivity index (χ0n) is 16.0. The van der Waals surface area contributed by atoms with Crippen LogP contribution in [0.2, 0.25) is 0 Å². The summed E-state index contributed by atoms with van der Waals surface area (Å²) in [4.78, 5) is 12.5. The molecule has 0 unspecified atom stereocenters. The summed E-state index contributed by atoms with van der Waals surface area (Å²) in [5.41, 5.74) is 0. The van der Waals surface area contributed by atoms with E-state index in [2.05, 4.69) is 25.3 Å². The minimum Gasteiger partial charge on any atom is -0.355 e. The zero-order valence-corrected chi connectivity index (χ0v) is 16.0. The van der Waals surface area contributed by atoms with E-state index in [1.54, 1.807) is 0 Å². The van der Waals surface area contributed by atoms with Crippen molar-refractivity contribution in [2.24, 2.45) is 4.99 Å². The number of nitrogens with zero attached hydrogens (tertiary/aromatic N) is 4. The molecule has 3 heterocycles. The summed E-state index contributed by atoms with van der Waals surface area (Å²) >= 11 is 0. The standard InChI is InChI=1S/C19H38N6/c1-2-11-23(10-1)16-7-20-19(21-8-17-24-12-3-4-13-24)22-9-18-25-14-5-6-15-25/h1-18H2,(H2,20,21,22). The minimum absolute atomic E-state index is 0.906. The number of rotatable bonds is 9. The molecular formula is C19H38N6. The van der Waals surface area contributed by atoms with Crippen molar-refractivity contribution in [2.45, 2.75) is 38.5 Å². The first-order valence-corrected chi connectivity index (χ1v) is 10.6. The third-order valence-electron chi connectivity index (χ3n) is 5.72. The normalized spacial score (nSPS) is 22.6. The van der Waals surface area contributed by atoms with Gasteiger partial charge in [-0.2, -0.15) is 0 Å². The third kappa shape index (κ3) is 7.12. The molecule has 6 heteroatoms. The molecule has 25 heavy (non-hydrogen) atoms. The van der Waals surface area contributed by atoms with Gasteiger partial charge < -0.3 is 25.3 Å². The SMILES string of the molecule is C1CCN(CCN=C(NCCN2CCCC2)NCCN2CCCC2)C1. The first kappa shape index (κ1) is 18.9. The lowest BCUT2D eigenvalue weighted by Gasteiger charge is -2.19. The van der Waals surface area contributed by atoms with Crippen LogP contribution in [0.1, 0.15) is 38.5 Å². The topological polar surface area (TPSA) is 46.1 Å². The molecule has 0 aromatic carbocycles. The molecule has 0 aliphatic carbocycles. The van der Waals surface area contributed by atoms with Crippen LogP contribution in [0.4, 0.5) is 0 Å². The van der Waals surface area contributed by atoms with E-state index < -0.39 is 0 Å². The van der Waals surface area contributed by atoms with E-state index in [4.69, 9.17) is 4.99 Å². The summed E-state index contributed by atoms with van der Waals surface area (Å²) < 4.78 is 0. The lowest BCUT2D eigenvalue weighted by Crippen LogP contribution is -2.44. The molecule has 0 bridgehead atoms. The summed E-state index contributed by atoms with van der Waals surface area (Å²) in [6, 6.07) is 0. The molecule has 3 aliphatic heterocycles. The molecule has 3 rings (SSSR count). The van der Waals surface area contributed by atoms with Gasteiger partial charge in [-0.05, 0) is 77.8 Å². The van der Waals surface area contributed by atoms with E-state index in [0.717, 1.165) is 45.2 Å². The lowest BCUT2D eigenvalue weighted by atomic mass is 10.4. The Kier molecular flexibility index (Phi) is 8.32. The fourth-order valence-electron chi connectivity index (χ4n) is 4.16. The maximum atomic E-state index is 4.83. The second-order valence-corrected chi connectivity index (χ2v) is 7.73. The van der Waals surface area contributed by atoms with Gasteiger partial charge >= 0.3 is 0 Å². The number of nitrogens with one attached hydrogen (secondary N) is 2. The van der Waals surface area contributed by atoms with Crippen molar-refractivity contribution in [3.8, 4) is 0 Å². The van der Waals surface area contributed by atoms with Crippen LogP contribution >= 0.6 is 0 Å². The maximum Gasteiger partial charge on any atom is 0.191 e. The van der Waals surface area contributed by atoms with Crippen LogP contribution in [-0.4, -0.2) is 99.2 Å². The van der Waals surface area contributed by atoms with Gasteiger partial charge in [-0.25, -0.2) is 0 Å². The molecule has 0 spiro atoms. The Hall–Kier alpha value is -0.850. The molecule has 3 fully saturated rings. The molecule has 144 valence electrons. The van der Waals surface area contributed by atoms with Gasteiger partial charge in [0.05, 0.1) is 6.54 Å². The van der Waals surface area contributed by atoms with E-state index in [0.29, 0.717) is 0 Å². The summed E-state index contributed by atoms with van der Waals surface area (Å²) in [6.07, 6.45) is 8.18. The highest BCUT2D eigenvalue weighted by Gasteiger charge is 2.13. The highest BCUT2D eigenvalue weighted by atomic mass is 15.2. The monoisotopic (exact) mass is 350 g/mol. The van der Waals surface area contributed by atoms with E-state index in [1.807, 2.05) is 0 Å². The smallest absolute Gasteiger partial charge is 0.191 e. The largest absolute Gasteiger partial charge is 0.355 e. The predicted molar refractivity (Wildman–Crippen MR) is 105 cm³/mol. The Labute approximate surface area is 154 Å². The van der Waals surface area contributed by atoms with Gasteiger partial charge in [0.25, 0.3) is 0 Å². The van der Waals surface area contributed by atoms with Gasteiger partial charge in [0.2, 0.25) is 0 Å². The van der Waals surface area contributed by atoms with Gasteiger partial charge in [0.15, 0.2) is 5.96 Å². The van der Waals surface area contributed by atoms with Crippen molar-refractivity contribution in [3.63, 3.8) is 0 Å². The quantitative estimate of drug-likeness (QED) is 0.476. The summed E-state index contributed by atoms with van der Waals surface area (Å²) in [7, 11) is 0. The number of guanidine groups is 1. The van der Waals surface area contributed by atoms with Gasteiger partial charge in [-0.1, -0.05) is 0 Å². The molecule has 0 amide bonds. The second-order valence-electron chi connectivity index (χ2n) is 7.73. The molecule has 0 atom stereocenters. The van der Waals surface area contributed by atoms with Crippen molar-refractivity contribution in [1.29, 1.82) is 0 Å². The molecule has 0 aromatic heterocycles. The number of hydrogen-bond acceptors (Lipinski definition) is 4. The van der Waals surface area contributed by atoms with Crippen molar-refractivity contribution in [2.75, 3.05) is 78.5 Å². The second kappa shape index (κ2) is 11.0. The summed E-state index contributed by atoms with van der Waals surface area (Å²) in [5.74, 6) is 1.01. The number of likely N-dealkylation sites (tertiary alicyclic amines) is 3. The molecule has 6 nitrogen and oxygen atoms in total. The van der Waals surface area contributed by atoms with Crippen molar-refractivity contribution in [1.82, 2.24) is 25.3 Å². The van der Waals surface area contributed by atoms with Crippen LogP contribution in [0, 0.1) is 0 Å². The van der Waals surface area contributed by atoms with Crippen molar-refractivity contribution < 1.29 is 0 Å². The predicted octanol–water partition coefficient (Wildman–Crippen LogP) is 0.809. The van der Waals surface area contributed by atoms with Crippen LogP contribution in [0.15, 0.2) is 4.99 Å². The Morgan fingerprint density at radius 2 is 1.00 bits per heavy atom. The van der Waals surface area contributed by atoms with Crippen LogP contribution in [-0.2, 0) is 0 Å². The molecule has 0 radical (unpaired) electrons. The molecule has 0 saturated carbocycles. The van der Waals surface area contributed by atoms with E-state index in [-0.39, 0.29) is 0 Å². The van der Waals surface area contributed by atoms with E-state index in [1.165, 1.54) is 77.8 Å². The lowest BCUT2D eigenvalue weighted by molar-refractivity contribution is 0.338. The molecular weight excluding hydrogens is 312 g/mol. The van der Waals surface area contributed by atoms with Gasteiger partial charge in [-0.3, -0.25) is 4.99 Å². The molecule has 3 saturated heterocycles. The number of hydrogen-bond donors (Lipinski definition) is 2. The van der Waals surface area contributed by atoms with E-state index >= 15 is 0 Å². The fraction of sp³-hybridized carbons (Fsp3) is 0.947. The Bertz CT molecular complexity index is 357. The summed E-state index contributed by atoms with van der Waals surface area (Å²) in [6.45, 7) is 13.9. The Morgan fingerprint density at radius 1 is 0.600 bits per heavy atom. The zero-order chi connectivity index (χ0) is 17.2. The Balaban J connectivity index is 1.36. The Morgan fingerprint density at radius 3 is 1.44 bits per heavy atom. The number of aliphatic imine (C=N–C) groups is 1. The third-order valence-corrected chi connectivity index (χ3v) is 5.72. The van der Waals surface area contributed by atoms with Crippen molar-refractivity contribution in [3.05, 3.63) is 0 Å². The van der Waals surface area contributed by atoms with Crippen molar-refractivity contribution >= 4 is 5.96 Å². The van der Waals surface area contributed by atoms with Gasteiger partial charge in [0.1, 0.15) is 0 Å². The minimum atomic E-state index is 0.906. The van der Waals surface area contributed by atoms with E-state index in [9.17, 15) is 0 Å². The van der Waals surface area contributed by atoms with Gasteiger partial charge in [0, 0.05) is 32.7 Å². The highest BCUT2D eigenvalue weighted by molar-refractivity contribution is 5.79. The average molecular weight is 351 g/mol. The van der Waals surface area contributed by atoms with Crippen LogP contribution in [0.25, 0.3) is 0 Å². The highest BCUT2D eigenvalue weighted by Crippen LogP contribution is 2.07. The van der Waals surface area contributed by atoms with Crippen LogP contribution < -0.4 is 10.6 Å². The molecule has 3 aliphatic rings. The van der Waals surface area contributed by atoms with Crippen LogP contribution in [0.3, 0.4) is 0 Å². The van der Waals surface area contributed by atoms with Gasteiger partial charge in [-0.15, -0.1) is 0 Å². The first-order valence-electron chi connectivity index (χ1n) is 10.6. The average Bonchev–Trinajstić information content (AvgIpc) is 3.38. The first-order chi connectivity index (χ1) is 12.4. The molecule has 0 aromatic rings. The fourth-order valence-corrected chi connectivity index (χ4v) is 4.16. The molecule has 2 N–H and O–H groups in total. The summed E-state index contributed by atoms with van der Waals surface area (Å²) in [5, 5.41) is 7.12.